The zero-order valence-corrected chi connectivity index (χ0v) is 7.47. The highest BCUT2D eigenvalue weighted by Gasteiger charge is 2.26. The van der Waals surface area contributed by atoms with Crippen molar-refractivity contribution in [3.8, 4) is 0 Å². The van der Waals surface area contributed by atoms with Gasteiger partial charge in [0.1, 0.15) is 5.78 Å². The van der Waals surface area contributed by atoms with Crippen LogP contribution in [0.15, 0.2) is 0 Å². The highest BCUT2D eigenvalue weighted by molar-refractivity contribution is 5.81. The quantitative estimate of drug-likeness (QED) is 0.615. The van der Waals surface area contributed by atoms with Gasteiger partial charge in [-0.15, -0.1) is 0 Å². The Morgan fingerprint density at radius 3 is 2.91 bits per heavy atom. The first-order valence-electron chi connectivity index (χ1n) is 4.50. The first kappa shape index (κ1) is 8.72. The van der Waals surface area contributed by atoms with Gasteiger partial charge in [-0.3, -0.25) is 9.69 Å². The fourth-order valence-corrected chi connectivity index (χ4v) is 1.84. The maximum absolute atomic E-state index is 11.1. The molecule has 11 heavy (non-hydrogen) atoms. The molecule has 1 aliphatic heterocycles. The number of nitrogens with zero attached hydrogens (tertiary/aromatic N) is 1. The minimum Gasteiger partial charge on any atom is -0.298 e. The van der Waals surface area contributed by atoms with E-state index in [2.05, 4.69) is 11.8 Å². The van der Waals surface area contributed by atoms with Gasteiger partial charge in [-0.05, 0) is 39.3 Å². The third kappa shape index (κ3) is 2.03. The first-order chi connectivity index (χ1) is 5.25. The standard InChI is InChI=1S/C9H17NO/c1-3-6-10-7-4-5-9(10)8(2)11/h9H,3-7H2,1-2H3/t9-/m0/s1. The molecule has 0 aliphatic carbocycles. The molecule has 0 amide bonds. The lowest BCUT2D eigenvalue weighted by molar-refractivity contribution is -0.121. The molecule has 0 spiro atoms. The third-order valence-electron chi connectivity index (χ3n) is 2.34. The Kier molecular flexibility index (Phi) is 3.06. The fraction of sp³-hybridized carbons (Fsp3) is 0.889. The zero-order valence-electron chi connectivity index (χ0n) is 7.47. The summed E-state index contributed by atoms with van der Waals surface area (Å²) in [6.45, 7) is 6.08. The molecule has 2 heteroatoms. The number of carbonyl (C=O) groups is 1. The van der Waals surface area contributed by atoms with Gasteiger partial charge in [0.15, 0.2) is 0 Å². The molecule has 0 saturated carbocycles. The lowest BCUT2D eigenvalue weighted by Crippen LogP contribution is -2.35. The number of rotatable bonds is 3. The van der Waals surface area contributed by atoms with Gasteiger partial charge >= 0.3 is 0 Å². The van der Waals surface area contributed by atoms with Crippen LogP contribution in [-0.2, 0) is 4.79 Å². The van der Waals surface area contributed by atoms with E-state index >= 15 is 0 Å². The number of Topliss-reactive ketones (excluding diaryl/α,β-unsaturated/α-hetero) is 1. The number of hydrogen-bond donors (Lipinski definition) is 0. The average Bonchev–Trinajstić information content (AvgIpc) is 2.36. The van der Waals surface area contributed by atoms with Crippen molar-refractivity contribution >= 4 is 5.78 Å². The second-order valence-electron chi connectivity index (χ2n) is 3.30. The molecule has 1 atom stereocenters. The Morgan fingerprint density at radius 2 is 2.36 bits per heavy atom. The van der Waals surface area contributed by atoms with E-state index in [0.29, 0.717) is 5.78 Å². The van der Waals surface area contributed by atoms with E-state index in [1.165, 1.54) is 6.42 Å². The van der Waals surface area contributed by atoms with Crippen molar-refractivity contribution < 1.29 is 4.79 Å². The first-order valence-corrected chi connectivity index (χ1v) is 4.50. The molecule has 0 bridgehead atoms. The molecule has 64 valence electrons. The minimum absolute atomic E-state index is 0.245. The molecule has 1 fully saturated rings. The average molecular weight is 155 g/mol. The number of ketones is 1. The normalized spacial score (nSPS) is 25.8. The molecular formula is C9H17NO. The maximum Gasteiger partial charge on any atom is 0.146 e. The monoisotopic (exact) mass is 155 g/mol. The molecule has 1 saturated heterocycles. The Morgan fingerprint density at radius 1 is 1.64 bits per heavy atom. The van der Waals surface area contributed by atoms with Gasteiger partial charge in [0, 0.05) is 0 Å². The summed E-state index contributed by atoms with van der Waals surface area (Å²) in [5.41, 5.74) is 0. The van der Waals surface area contributed by atoms with Crippen LogP contribution in [0.25, 0.3) is 0 Å². The van der Waals surface area contributed by atoms with Gasteiger partial charge in [0.05, 0.1) is 6.04 Å². The Labute approximate surface area is 68.6 Å². The lowest BCUT2D eigenvalue weighted by Gasteiger charge is -2.20. The fourth-order valence-electron chi connectivity index (χ4n) is 1.84. The molecule has 1 heterocycles. The van der Waals surface area contributed by atoms with Crippen LogP contribution in [-0.4, -0.2) is 29.8 Å². The van der Waals surface area contributed by atoms with Crippen molar-refractivity contribution in [2.45, 2.75) is 39.2 Å². The summed E-state index contributed by atoms with van der Waals surface area (Å²) in [5, 5.41) is 0. The van der Waals surface area contributed by atoms with Crippen LogP contribution in [0.5, 0.6) is 0 Å². The van der Waals surface area contributed by atoms with E-state index in [1.54, 1.807) is 6.92 Å². The minimum atomic E-state index is 0.245. The third-order valence-corrected chi connectivity index (χ3v) is 2.34. The molecule has 0 aromatic carbocycles. The highest BCUT2D eigenvalue weighted by Crippen LogP contribution is 2.17. The van der Waals surface area contributed by atoms with Crippen molar-refractivity contribution in [2.24, 2.45) is 0 Å². The van der Waals surface area contributed by atoms with Crippen molar-refractivity contribution in [2.75, 3.05) is 13.1 Å². The summed E-state index contributed by atoms with van der Waals surface area (Å²) in [5.74, 6) is 0.343. The molecule has 0 aromatic heterocycles. The molecule has 0 N–H and O–H groups in total. The Balaban J connectivity index is 2.44. The molecule has 0 radical (unpaired) electrons. The van der Waals surface area contributed by atoms with E-state index in [1.807, 2.05) is 0 Å². The largest absolute Gasteiger partial charge is 0.298 e. The van der Waals surface area contributed by atoms with Crippen LogP contribution in [0, 0.1) is 0 Å². The SMILES string of the molecule is CCCN1CCC[C@H]1C(C)=O. The summed E-state index contributed by atoms with van der Waals surface area (Å²) in [6.07, 6.45) is 3.43. The number of likely N-dealkylation sites (tertiary alicyclic amines) is 1. The molecule has 0 unspecified atom stereocenters. The molecule has 1 rings (SSSR count). The summed E-state index contributed by atoms with van der Waals surface area (Å²) in [7, 11) is 0. The van der Waals surface area contributed by atoms with Gasteiger partial charge in [-0.25, -0.2) is 0 Å². The van der Waals surface area contributed by atoms with Crippen molar-refractivity contribution in [1.82, 2.24) is 4.90 Å². The van der Waals surface area contributed by atoms with Crippen LogP contribution in [0.1, 0.15) is 33.1 Å². The second kappa shape index (κ2) is 3.86. The van der Waals surface area contributed by atoms with E-state index < -0.39 is 0 Å². The van der Waals surface area contributed by atoms with Gasteiger partial charge in [0.25, 0.3) is 0 Å². The van der Waals surface area contributed by atoms with Crippen LogP contribution in [0.3, 0.4) is 0 Å². The second-order valence-corrected chi connectivity index (χ2v) is 3.30. The predicted octanol–water partition coefficient (Wildman–Crippen LogP) is 1.45. The van der Waals surface area contributed by atoms with Crippen molar-refractivity contribution in [1.29, 1.82) is 0 Å². The van der Waals surface area contributed by atoms with Crippen LogP contribution < -0.4 is 0 Å². The topological polar surface area (TPSA) is 20.3 Å². The van der Waals surface area contributed by atoms with E-state index in [4.69, 9.17) is 0 Å². The van der Waals surface area contributed by atoms with Crippen molar-refractivity contribution in [3.63, 3.8) is 0 Å². The summed E-state index contributed by atoms with van der Waals surface area (Å²) in [4.78, 5) is 13.4. The lowest BCUT2D eigenvalue weighted by atomic mass is 10.1. The zero-order chi connectivity index (χ0) is 8.27. The predicted molar refractivity (Wildman–Crippen MR) is 45.6 cm³/mol. The van der Waals surface area contributed by atoms with Gasteiger partial charge in [0.2, 0.25) is 0 Å². The molecule has 1 aliphatic rings. The Bertz CT molecular complexity index is 144. The van der Waals surface area contributed by atoms with Crippen LogP contribution >= 0.6 is 0 Å². The number of carbonyl (C=O) groups excluding carboxylic acids is 1. The van der Waals surface area contributed by atoms with E-state index in [0.717, 1.165) is 25.9 Å². The van der Waals surface area contributed by atoms with Gasteiger partial charge < -0.3 is 0 Å². The van der Waals surface area contributed by atoms with Crippen LogP contribution in [0.4, 0.5) is 0 Å². The van der Waals surface area contributed by atoms with E-state index in [9.17, 15) is 4.79 Å². The van der Waals surface area contributed by atoms with Crippen molar-refractivity contribution in [3.05, 3.63) is 0 Å². The summed E-state index contributed by atoms with van der Waals surface area (Å²) < 4.78 is 0. The van der Waals surface area contributed by atoms with E-state index in [-0.39, 0.29) is 6.04 Å². The molecular weight excluding hydrogens is 138 g/mol. The molecule has 2 nitrogen and oxygen atoms in total. The molecule has 0 aromatic rings. The maximum atomic E-state index is 11.1. The van der Waals surface area contributed by atoms with Crippen LogP contribution in [0.2, 0.25) is 0 Å². The number of hydrogen-bond acceptors (Lipinski definition) is 2. The van der Waals surface area contributed by atoms with Gasteiger partial charge in [-0.2, -0.15) is 0 Å². The Hall–Kier alpha value is -0.370. The highest BCUT2D eigenvalue weighted by atomic mass is 16.1. The van der Waals surface area contributed by atoms with Gasteiger partial charge in [-0.1, -0.05) is 6.92 Å². The summed E-state index contributed by atoms with van der Waals surface area (Å²) in [6, 6.07) is 0.245. The smallest absolute Gasteiger partial charge is 0.146 e. The summed E-state index contributed by atoms with van der Waals surface area (Å²) >= 11 is 0.